The van der Waals surface area contributed by atoms with Crippen molar-refractivity contribution in [2.24, 2.45) is 0 Å². The van der Waals surface area contributed by atoms with Crippen molar-refractivity contribution in [3.63, 3.8) is 0 Å². The number of rotatable bonds is 3. The second-order valence-corrected chi connectivity index (χ2v) is 4.60. The van der Waals surface area contributed by atoms with E-state index in [1.165, 1.54) is 12.4 Å². The Labute approximate surface area is 114 Å². The van der Waals surface area contributed by atoms with Crippen LogP contribution >= 0.6 is 11.6 Å². The van der Waals surface area contributed by atoms with E-state index < -0.39 is 12.1 Å². The van der Waals surface area contributed by atoms with Gasteiger partial charge >= 0.3 is 5.97 Å². The second-order valence-electron chi connectivity index (χ2n) is 4.20. The van der Waals surface area contributed by atoms with Gasteiger partial charge in [-0.05, 0) is 6.07 Å². The van der Waals surface area contributed by atoms with E-state index in [2.05, 4.69) is 4.98 Å². The van der Waals surface area contributed by atoms with Gasteiger partial charge in [-0.25, -0.2) is 0 Å². The number of aromatic nitrogens is 1. The van der Waals surface area contributed by atoms with E-state index in [1.54, 1.807) is 11.0 Å². The largest absolute Gasteiger partial charge is 0.481 e. The van der Waals surface area contributed by atoms with Crippen LogP contribution in [0.15, 0.2) is 18.5 Å². The number of morpholine rings is 1. The number of hydrogen-bond acceptors (Lipinski definition) is 4. The predicted molar refractivity (Wildman–Crippen MR) is 67.1 cm³/mol. The molecular formula is C12H13ClN2O4. The number of carbonyl (C=O) groups excluding carboxylic acids is 1. The summed E-state index contributed by atoms with van der Waals surface area (Å²) in [4.78, 5) is 28.3. The number of aliphatic carboxylic acids is 1. The first-order chi connectivity index (χ1) is 9.08. The summed E-state index contributed by atoms with van der Waals surface area (Å²) in [7, 11) is 0. The van der Waals surface area contributed by atoms with Crippen molar-refractivity contribution >= 4 is 23.5 Å². The lowest BCUT2D eigenvalue weighted by molar-refractivity contribution is -0.141. The molecule has 1 fully saturated rings. The molecule has 0 unspecified atom stereocenters. The van der Waals surface area contributed by atoms with Gasteiger partial charge in [0.2, 0.25) is 0 Å². The van der Waals surface area contributed by atoms with Crippen LogP contribution in [-0.4, -0.2) is 52.7 Å². The normalized spacial score (nSPS) is 19.2. The van der Waals surface area contributed by atoms with Gasteiger partial charge in [0, 0.05) is 25.5 Å². The molecule has 1 saturated heterocycles. The molecule has 0 radical (unpaired) electrons. The third-order valence-electron chi connectivity index (χ3n) is 2.83. The van der Waals surface area contributed by atoms with Crippen molar-refractivity contribution < 1.29 is 19.4 Å². The van der Waals surface area contributed by atoms with Gasteiger partial charge in [-0.2, -0.15) is 0 Å². The zero-order valence-corrected chi connectivity index (χ0v) is 10.8. The molecule has 0 saturated carbocycles. The Hall–Kier alpha value is -1.66. The van der Waals surface area contributed by atoms with Crippen molar-refractivity contribution in [1.82, 2.24) is 9.88 Å². The van der Waals surface area contributed by atoms with Gasteiger partial charge < -0.3 is 14.7 Å². The highest BCUT2D eigenvalue weighted by Crippen LogP contribution is 2.18. The Balaban J connectivity index is 2.07. The third-order valence-corrected chi connectivity index (χ3v) is 3.13. The number of carbonyl (C=O) groups is 2. The molecule has 2 rings (SSSR count). The summed E-state index contributed by atoms with van der Waals surface area (Å²) in [6.07, 6.45) is 2.31. The molecule has 1 N–H and O–H groups in total. The van der Waals surface area contributed by atoms with Gasteiger partial charge in [-0.15, -0.1) is 0 Å². The Kier molecular flexibility index (Phi) is 4.34. The van der Waals surface area contributed by atoms with E-state index in [0.29, 0.717) is 18.7 Å². The number of carboxylic acid groups (broad SMARTS) is 1. The molecule has 0 bridgehead atoms. The molecule has 1 aliphatic heterocycles. The van der Waals surface area contributed by atoms with Gasteiger partial charge in [-0.3, -0.25) is 14.6 Å². The van der Waals surface area contributed by atoms with Crippen LogP contribution < -0.4 is 0 Å². The molecule has 102 valence electrons. The van der Waals surface area contributed by atoms with E-state index in [9.17, 15) is 9.59 Å². The zero-order chi connectivity index (χ0) is 13.8. The number of nitrogens with zero attached hydrogens (tertiary/aromatic N) is 2. The molecule has 1 aliphatic rings. The van der Waals surface area contributed by atoms with E-state index in [-0.39, 0.29) is 23.9 Å². The van der Waals surface area contributed by atoms with Crippen LogP contribution in [0, 0.1) is 0 Å². The van der Waals surface area contributed by atoms with Crippen LogP contribution in [0.5, 0.6) is 0 Å². The Morgan fingerprint density at radius 3 is 3.05 bits per heavy atom. The van der Waals surface area contributed by atoms with Gasteiger partial charge in [0.1, 0.15) is 0 Å². The van der Waals surface area contributed by atoms with Crippen molar-refractivity contribution in [3.8, 4) is 0 Å². The van der Waals surface area contributed by atoms with Crippen LogP contribution in [-0.2, 0) is 9.53 Å². The van der Waals surface area contributed by atoms with E-state index in [1.807, 2.05) is 0 Å². The molecule has 0 spiro atoms. The SMILES string of the molecule is O=C(O)C[C@@H]1CN(C(=O)c2ccncc2Cl)CCO1. The Morgan fingerprint density at radius 2 is 2.37 bits per heavy atom. The minimum absolute atomic E-state index is 0.117. The molecular weight excluding hydrogens is 272 g/mol. The molecule has 1 aromatic rings. The summed E-state index contributed by atoms with van der Waals surface area (Å²) in [5.41, 5.74) is 0.368. The number of carboxylic acids is 1. The fourth-order valence-corrected chi connectivity index (χ4v) is 2.14. The number of amides is 1. The molecule has 1 amide bonds. The second kappa shape index (κ2) is 5.99. The van der Waals surface area contributed by atoms with E-state index >= 15 is 0 Å². The fraction of sp³-hybridized carbons (Fsp3) is 0.417. The summed E-state index contributed by atoms with van der Waals surface area (Å²) >= 11 is 5.92. The average Bonchev–Trinajstić information content (AvgIpc) is 2.38. The maximum absolute atomic E-state index is 12.3. The highest BCUT2D eigenvalue weighted by Gasteiger charge is 2.27. The summed E-state index contributed by atoms with van der Waals surface area (Å²) in [5, 5.41) is 9.02. The summed E-state index contributed by atoms with van der Waals surface area (Å²) in [5.74, 6) is -1.17. The van der Waals surface area contributed by atoms with E-state index in [0.717, 1.165) is 0 Å². The molecule has 7 heteroatoms. The minimum Gasteiger partial charge on any atom is -0.481 e. The smallest absolute Gasteiger partial charge is 0.306 e. The Bertz CT molecular complexity index is 494. The third kappa shape index (κ3) is 3.42. The monoisotopic (exact) mass is 284 g/mol. The molecule has 0 aliphatic carbocycles. The molecule has 1 atom stereocenters. The first-order valence-corrected chi connectivity index (χ1v) is 6.18. The maximum atomic E-state index is 12.3. The van der Waals surface area contributed by atoms with Crippen molar-refractivity contribution in [1.29, 1.82) is 0 Å². The van der Waals surface area contributed by atoms with Crippen LogP contribution in [0.2, 0.25) is 5.02 Å². The first kappa shape index (κ1) is 13.8. The molecule has 2 heterocycles. The molecule has 19 heavy (non-hydrogen) atoms. The maximum Gasteiger partial charge on any atom is 0.306 e. The lowest BCUT2D eigenvalue weighted by Gasteiger charge is -2.32. The van der Waals surface area contributed by atoms with Crippen LogP contribution in [0.4, 0.5) is 0 Å². The topological polar surface area (TPSA) is 79.7 Å². The van der Waals surface area contributed by atoms with Gasteiger partial charge in [0.15, 0.2) is 0 Å². The summed E-state index contributed by atoms with van der Waals surface area (Å²) in [6.45, 7) is 1.00. The molecule has 1 aromatic heterocycles. The van der Waals surface area contributed by atoms with Crippen molar-refractivity contribution in [2.75, 3.05) is 19.7 Å². The highest BCUT2D eigenvalue weighted by atomic mass is 35.5. The quantitative estimate of drug-likeness (QED) is 0.897. The minimum atomic E-state index is -0.943. The van der Waals surface area contributed by atoms with E-state index in [4.69, 9.17) is 21.4 Å². The Morgan fingerprint density at radius 1 is 1.58 bits per heavy atom. The molecule has 0 aromatic carbocycles. The zero-order valence-electron chi connectivity index (χ0n) is 10.1. The average molecular weight is 285 g/mol. The van der Waals surface area contributed by atoms with Crippen LogP contribution in [0.1, 0.15) is 16.8 Å². The first-order valence-electron chi connectivity index (χ1n) is 5.80. The van der Waals surface area contributed by atoms with Crippen molar-refractivity contribution in [3.05, 3.63) is 29.0 Å². The number of hydrogen-bond donors (Lipinski definition) is 1. The fourth-order valence-electron chi connectivity index (χ4n) is 1.94. The van der Waals surface area contributed by atoms with Gasteiger partial charge in [-0.1, -0.05) is 11.6 Å². The molecule has 6 nitrogen and oxygen atoms in total. The highest BCUT2D eigenvalue weighted by molar-refractivity contribution is 6.33. The van der Waals surface area contributed by atoms with Crippen LogP contribution in [0.3, 0.4) is 0 Å². The van der Waals surface area contributed by atoms with Crippen LogP contribution in [0.25, 0.3) is 0 Å². The lowest BCUT2D eigenvalue weighted by Crippen LogP contribution is -2.46. The van der Waals surface area contributed by atoms with Crippen molar-refractivity contribution in [2.45, 2.75) is 12.5 Å². The van der Waals surface area contributed by atoms with Gasteiger partial charge in [0.05, 0.1) is 29.7 Å². The lowest BCUT2D eigenvalue weighted by atomic mass is 10.1. The number of ether oxygens (including phenoxy) is 1. The summed E-state index contributed by atoms with van der Waals surface area (Å²) < 4.78 is 5.32. The number of halogens is 1. The standard InChI is InChI=1S/C12H13ClN2O4/c13-10-6-14-2-1-9(10)12(18)15-3-4-19-8(7-15)5-11(16)17/h1-2,6,8H,3-5,7H2,(H,16,17)/t8-/m1/s1. The van der Waals surface area contributed by atoms with Gasteiger partial charge in [0.25, 0.3) is 5.91 Å². The summed E-state index contributed by atoms with van der Waals surface area (Å²) in [6, 6.07) is 1.55. The predicted octanol–water partition coefficient (Wildman–Crippen LogP) is 1.05. The number of pyridine rings is 1.